The summed E-state index contributed by atoms with van der Waals surface area (Å²) < 4.78 is 29.6. The third-order valence-corrected chi connectivity index (χ3v) is 8.88. The van der Waals surface area contributed by atoms with Gasteiger partial charge in [0.25, 0.3) is 15.9 Å². The van der Waals surface area contributed by atoms with Gasteiger partial charge in [0.05, 0.1) is 28.7 Å². The molecule has 0 aliphatic rings. The van der Waals surface area contributed by atoms with Crippen molar-refractivity contribution in [2.45, 2.75) is 31.3 Å². The molecular weight excluding hydrogens is 528 g/mol. The molecule has 41 heavy (non-hydrogen) atoms. The van der Waals surface area contributed by atoms with Crippen LogP contribution < -0.4 is 9.62 Å². The van der Waals surface area contributed by atoms with Gasteiger partial charge in [0, 0.05) is 0 Å². The third-order valence-electron chi connectivity index (χ3n) is 7.10. The van der Waals surface area contributed by atoms with Gasteiger partial charge in [-0.3, -0.25) is 9.10 Å². The molecule has 0 heterocycles. The molecule has 5 rings (SSSR count). The molecule has 6 heteroatoms. The Hall–Kier alpha value is -4.68. The fraction of sp³-hybridized carbons (Fsp3) is 0.114. The van der Waals surface area contributed by atoms with Crippen LogP contribution in [-0.4, -0.2) is 14.3 Å². The number of nitrogens with zero attached hydrogens (tertiary/aromatic N) is 1. The highest BCUT2D eigenvalue weighted by Gasteiger charge is 2.29. The maximum Gasteiger partial charge on any atom is 0.264 e. The fourth-order valence-electron chi connectivity index (χ4n) is 4.88. The lowest BCUT2D eigenvalue weighted by Gasteiger charge is -2.28. The van der Waals surface area contributed by atoms with Crippen molar-refractivity contribution in [1.82, 2.24) is 5.32 Å². The molecule has 0 fully saturated rings. The third kappa shape index (κ3) is 6.23. The van der Waals surface area contributed by atoms with Gasteiger partial charge in [0.1, 0.15) is 0 Å². The molecule has 0 unspecified atom stereocenters. The predicted octanol–water partition coefficient (Wildman–Crippen LogP) is 7.22. The molecule has 0 aliphatic carbocycles. The minimum atomic E-state index is -4.01. The average molecular weight is 561 g/mol. The molecule has 0 aliphatic heterocycles. The van der Waals surface area contributed by atoms with Crippen molar-refractivity contribution in [3.63, 3.8) is 0 Å². The summed E-state index contributed by atoms with van der Waals surface area (Å²) in [7, 11) is -4.01. The molecular formula is C35H32N2O3S. The van der Waals surface area contributed by atoms with E-state index in [-0.39, 0.29) is 22.9 Å². The monoisotopic (exact) mass is 560 g/mol. The molecule has 5 nitrogen and oxygen atoms in total. The Morgan fingerprint density at radius 2 is 1.29 bits per heavy atom. The molecule has 0 aromatic heterocycles. The number of amides is 1. The van der Waals surface area contributed by atoms with Gasteiger partial charge in [-0.25, -0.2) is 8.42 Å². The summed E-state index contributed by atoms with van der Waals surface area (Å²) in [5, 5.41) is 3.20. The molecule has 0 radical (unpaired) electrons. The first-order valence-electron chi connectivity index (χ1n) is 13.5. The van der Waals surface area contributed by atoms with E-state index in [4.69, 9.17) is 0 Å². The van der Waals surface area contributed by atoms with Gasteiger partial charge in [-0.2, -0.15) is 0 Å². The van der Waals surface area contributed by atoms with Crippen molar-refractivity contribution < 1.29 is 13.2 Å². The van der Waals surface area contributed by atoms with Crippen molar-refractivity contribution in [1.29, 1.82) is 0 Å². The number of nitrogens with one attached hydrogen (secondary N) is 1. The van der Waals surface area contributed by atoms with Crippen molar-refractivity contribution >= 4 is 21.6 Å². The maximum atomic E-state index is 14.1. The van der Waals surface area contributed by atoms with E-state index >= 15 is 0 Å². The first kappa shape index (κ1) is 27.9. The summed E-state index contributed by atoms with van der Waals surface area (Å²) in [5.74, 6) is -0.366. The van der Waals surface area contributed by atoms with E-state index in [9.17, 15) is 13.2 Å². The first-order valence-corrected chi connectivity index (χ1v) is 14.9. The number of aryl methyl sites for hydroxylation is 2. The number of anilines is 1. The molecule has 1 N–H and O–H groups in total. The fourth-order valence-corrected chi connectivity index (χ4v) is 6.35. The lowest BCUT2D eigenvalue weighted by Crippen LogP contribution is -2.35. The van der Waals surface area contributed by atoms with Crippen LogP contribution in [-0.2, 0) is 16.6 Å². The van der Waals surface area contributed by atoms with Crippen LogP contribution in [0.5, 0.6) is 0 Å². The number of sulfonamides is 1. The number of rotatable bonds is 9. The largest absolute Gasteiger partial charge is 0.341 e. The van der Waals surface area contributed by atoms with Gasteiger partial charge in [0.2, 0.25) is 0 Å². The zero-order valence-electron chi connectivity index (χ0n) is 23.1. The topological polar surface area (TPSA) is 66.5 Å². The number of carbonyl (C=O) groups excluding carboxylic acids is 1. The quantitative estimate of drug-likeness (QED) is 0.207. The van der Waals surface area contributed by atoms with Crippen LogP contribution >= 0.6 is 0 Å². The molecule has 0 bridgehead atoms. The van der Waals surface area contributed by atoms with Gasteiger partial charge >= 0.3 is 0 Å². The highest BCUT2D eigenvalue weighted by molar-refractivity contribution is 7.92. The van der Waals surface area contributed by atoms with Crippen molar-refractivity contribution in [2.75, 3.05) is 4.31 Å². The number of carbonyl (C=O) groups is 1. The normalized spacial score (nSPS) is 12.0. The standard InChI is InChI=1S/C35H32N2O3S/c1-26-21-23-30(24-22-26)41(39,40)37(25-28-14-5-3-6-15-28)33-20-12-11-19-32(33)35(38)36-34(29-16-7-4-8-17-29)31-18-10-9-13-27(31)2/h3-24,34H,25H2,1-2H3,(H,36,38)/t34-/m0/s1. The Balaban J connectivity index is 1.59. The predicted molar refractivity (Wildman–Crippen MR) is 164 cm³/mol. The second-order valence-corrected chi connectivity index (χ2v) is 11.9. The minimum absolute atomic E-state index is 0.0707. The van der Waals surface area contributed by atoms with E-state index in [1.165, 1.54) is 4.31 Å². The highest BCUT2D eigenvalue weighted by atomic mass is 32.2. The molecule has 5 aromatic carbocycles. The average Bonchev–Trinajstić information content (AvgIpc) is 3.00. The van der Waals surface area contributed by atoms with Crippen LogP contribution in [0, 0.1) is 13.8 Å². The smallest absolute Gasteiger partial charge is 0.264 e. The van der Waals surface area contributed by atoms with Gasteiger partial charge in [-0.1, -0.05) is 115 Å². The van der Waals surface area contributed by atoms with Crippen LogP contribution in [0.15, 0.2) is 138 Å². The summed E-state index contributed by atoms with van der Waals surface area (Å²) in [6.45, 7) is 4.00. The summed E-state index contributed by atoms with van der Waals surface area (Å²) in [4.78, 5) is 14.2. The molecule has 206 valence electrons. The summed E-state index contributed by atoms with van der Waals surface area (Å²) in [5.41, 5.74) is 5.29. The van der Waals surface area contributed by atoms with Crippen molar-refractivity contribution in [3.8, 4) is 0 Å². The van der Waals surface area contributed by atoms with Crippen LogP contribution in [0.2, 0.25) is 0 Å². The lowest BCUT2D eigenvalue weighted by molar-refractivity contribution is 0.0943. The maximum absolute atomic E-state index is 14.1. The van der Waals surface area contributed by atoms with Gasteiger partial charge in [0.15, 0.2) is 0 Å². The Bertz CT molecular complexity index is 1740. The molecule has 0 saturated heterocycles. The molecule has 0 saturated carbocycles. The number of para-hydroxylation sites is 1. The second kappa shape index (κ2) is 12.2. The zero-order chi connectivity index (χ0) is 28.8. The van der Waals surface area contributed by atoms with Crippen molar-refractivity contribution in [3.05, 3.63) is 167 Å². The van der Waals surface area contributed by atoms with Crippen LogP contribution in [0.25, 0.3) is 0 Å². The number of benzene rings is 5. The Morgan fingerprint density at radius 3 is 1.98 bits per heavy atom. The highest BCUT2D eigenvalue weighted by Crippen LogP contribution is 2.31. The second-order valence-electron chi connectivity index (χ2n) is 10.0. The number of hydrogen-bond donors (Lipinski definition) is 1. The molecule has 5 aromatic rings. The van der Waals surface area contributed by atoms with E-state index in [0.29, 0.717) is 5.69 Å². The van der Waals surface area contributed by atoms with E-state index in [1.807, 2.05) is 98.8 Å². The molecule has 1 amide bonds. The van der Waals surface area contributed by atoms with E-state index in [2.05, 4.69) is 5.32 Å². The zero-order valence-corrected chi connectivity index (χ0v) is 23.9. The van der Waals surface area contributed by atoms with Crippen LogP contribution in [0.1, 0.15) is 44.2 Å². The van der Waals surface area contributed by atoms with Crippen LogP contribution in [0.4, 0.5) is 5.69 Å². The SMILES string of the molecule is Cc1ccc(S(=O)(=O)N(Cc2ccccc2)c2ccccc2C(=O)N[C@@H](c2ccccc2)c2ccccc2C)cc1. The van der Waals surface area contributed by atoms with E-state index < -0.39 is 16.1 Å². The Kier molecular flexibility index (Phi) is 8.31. The van der Waals surface area contributed by atoms with Gasteiger partial charge in [-0.15, -0.1) is 0 Å². The minimum Gasteiger partial charge on any atom is -0.341 e. The summed E-state index contributed by atoms with van der Waals surface area (Å²) >= 11 is 0. The molecule has 0 spiro atoms. The molecule has 1 atom stereocenters. The summed E-state index contributed by atoms with van der Waals surface area (Å²) in [6.07, 6.45) is 0. The number of hydrogen-bond acceptors (Lipinski definition) is 3. The first-order chi connectivity index (χ1) is 19.8. The summed E-state index contributed by atoms with van der Waals surface area (Å²) in [6, 6.07) is 40.3. The van der Waals surface area contributed by atoms with Gasteiger partial charge in [-0.05, 0) is 60.4 Å². The van der Waals surface area contributed by atoms with E-state index in [0.717, 1.165) is 27.8 Å². The van der Waals surface area contributed by atoms with Crippen LogP contribution in [0.3, 0.4) is 0 Å². The Labute approximate surface area is 242 Å². The van der Waals surface area contributed by atoms with E-state index in [1.54, 1.807) is 48.5 Å². The van der Waals surface area contributed by atoms with Crippen molar-refractivity contribution in [2.24, 2.45) is 0 Å². The lowest BCUT2D eigenvalue weighted by atomic mass is 9.94. The Morgan fingerprint density at radius 1 is 0.707 bits per heavy atom. The van der Waals surface area contributed by atoms with Gasteiger partial charge < -0.3 is 5.32 Å².